The minimum Gasteiger partial charge on any atom is -0.338 e. The zero-order valence-electron chi connectivity index (χ0n) is 11.2. The van der Waals surface area contributed by atoms with Crippen LogP contribution in [0.15, 0.2) is 24.3 Å². The fourth-order valence-electron chi connectivity index (χ4n) is 2.81. The molecule has 102 valence electrons. The van der Waals surface area contributed by atoms with E-state index in [9.17, 15) is 14.9 Å². The van der Waals surface area contributed by atoms with Crippen molar-refractivity contribution < 1.29 is 9.72 Å². The van der Waals surface area contributed by atoms with Gasteiger partial charge in [-0.1, -0.05) is 26.0 Å². The normalized spacial score (nSPS) is 23.2. The number of hydrogen-bond donors (Lipinski definition) is 0. The van der Waals surface area contributed by atoms with Crippen molar-refractivity contribution in [2.45, 2.75) is 20.3 Å². The summed E-state index contributed by atoms with van der Waals surface area (Å²) < 4.78 is 0. The molecular formula is C14H18N2O3. The third kappa shape index (κ3) is 2.92. The molecule has 1 aromatic carbocycles. The van der Waals surface area contributed by atoms with Gasteiger partial charge in [-0.25, -0.2) is 0 Å². The van der Waals surface area contributed by atoms with Crippen LogP contribution < -0.4 is 0 Å². The van der Waals surface area contributed by atoms with Crippen LogP contribution in [0.25, 0.3) is 0 Å². The number of piperidine rings is 1. The van der Waals surface area contributed by atoms with E-state index in [1.54, 1.807) is 17.0 Å². The molecule has 0 spiro atoms. The summed E-state index contributed by atoms with van der Waals surface area (Å²) in [4.78, 5) is 24.7. The van der Waals surface area contributed by atoms with Gasteiger partial charge in [0.05, 0.1) is 4.92 Å². The molecule has 0 radical (unpaired) electrons. The lowest BCUT2D eigenvalue weighted by Gasteiger charge is -2.34. The second-order valence-electron chi connectivity index (χ2n) is 5.43. The van der Waals surface area contributed by atoms with Crippen LogP contribution in [0.2, 0.25) is 0 Å². The van der Waals surface area contributed by atoms with E-state index in [2.05, 4.69) is 13.8 Å². The van der Waals surface area contributed by atoms with E-state index in [1.807, 2.05) is 0 Å². The Morgan fingerprint density at radius 2 is 1.84 bits per heavy atom. The van der Waals surface area contributed by atoms with Gasteiger partial charge in [0.25, 0.3) is 11.6 Å². The molecule has 0 aliphatic carbocycles. The zero-order chi connectivity index (χ0) is 14.0. The highest BCUT2D eigenvalue weighted by molar-refractivity contribution is 5.98. The van der Waals surface area contributed by atoms with Crippen molar-refractivity contribution in [3.8, 4) is 0 Å². The zero-order valence-corrected chi connectivity index (χ0v) is 11.2. The van der Waals surface area contributed by atoms with E-state index in [4.69, 9.17) is 0 Å². The van der Waals surface area contributed by atoms with Gasteiger partial charge in [-0.15, -0.1) is 0 Å². The molecule has 0 aromatic heterocycles. The van der Waals surface area contributed by atoms with Crippen LogP contribution in [0.1, 0.15) is 30.6 Å². The molecule has 1 heterocycles. The summed E-state index contributed by atoms with van der Waals surface area (Å²) in [6.45, 7) is 5.56. The Kier molecular flexibility index (Phi) is 3.83. The van der Waals surface area contributed by atoms with Crippen LogP contribution >= 0.6 is 0 Å². The molecule has 1 fully saturated rings. The van der Waals surface area contributed by atoms with Crippen molar-refractivity contribution in [3.63, 3.8) is 0 Å². The highest BCUT2D eigenvalue weighted by atomic mass is 16.6. The number of amides is 1. The first-order chi connectivity index (χ1) is 8.99. The van der Waals surface area contributed by atoms with Crippen LogP contribution in [0.4, 0.5) is 5.69 Å². The molecule has 0 N–H and O–H groups in total. The number of nitrogens with zero attached hydrogens (tertiary/aromatic N) is 2. The third-order valence-corrected chi connectivity index (χ3v) is 3.49. The smallest absolute Gasteiger partial charge is 0.282 e. The predicted molar refractivity (Wildman–Crippen MR) is 71.9 cm³/mol. The van der Waals surface area contributed by atoms with Crippen molar-refractivity contribution in [1.29, 1.82) is 0 Å². The standard InChI is InChI=1S/C14H18N2O3/c1-10-7-11(2)9-15(8-10)14(17)12-5-3-4-6-13(12)16(18)19/h3-6,10-11H,7-9H2,1-2H3. The van der Waals surface area contributed by atoms with Crippen LogP contribution in [0, 0.1) is 22.0 Å². The molecular weight excluding hydrogens is 244 g/mol. The molecule has 1 saturated heterocycles. The Bertz CT molecular complexity index is 491. The minimum atomic E-state index is -0.496. The first-order valence-corrected chi connectivity index (χ1v) is 6.51. The number of para-hydroxylation sites is 1. The Hall–Kier alpha value is -1.91. The van der Waals surface area contributed by atoms with Gasteiger partial charge in [-0.3, -0.25) is 14.9 Å². The topological polar surface area (TPSA) is 63.5 Å². The largest absolute Gasteiger partial charge is 0.338 e. The maximum absolute atomic E-state index is 12.4. The summed E-state index contributed by atoms with van der Waals surface area (Å²) in [6.07, 6.45) is 1.10. The maximum Gasteiger partial charge on any atom is 0.282 e. The van der Waals surface area contributed by atoms with Crippen molar-refractivity contribution in [2.24, 2.45) is 11.8 Å². The van der Waals surface area contributed by atoms with E-state index in [1.165, 1.54) is 12.1 Å². The molecule has 19 heavy (non-hydrogen) atoms. The number of nitro benzene ring substituents is 1. The summed E-state index contributed by atoms with van der Waals surface area (Å²) in [6, 6.07) is 6.15. The molecule has 2 atom stereocenters. The SMILES string of the molecule is CC1CC(C)CN(C(=O)c2ccccc2[N+](=O)[O-])C1. The highest BCUT2D eigenvalue weighted by Crippen LogP contribution is 2.25. The average Bonchev–Trinajstić information content (AvgIpc) is 2.36. The van der Waals surface area contributed by atoms with E-state index >= 15 is 0 Å². The van der Waals surface area contributed by atoms with Crippen LogP contribution in [0.5, 0.6) is 0 Å². The molecule has 1 aliphatic rings. The molecule has 5 heteroatoms. The van der Waals surface area contributed by atoms with Gasteiger partial charge in [0, 0.05) is 19.2 Å². The van der Waals surface area contributed by atoms with Gasteiger partial charge >= 0.3 is 0 Å². The number of carbonyl (C=O) groups excluding carboxylic acids is 1. The second-order valence-corrected chi connectivity index (χ2v) is 5.43. The van der Waals surface area contributed by atoms with Crippen molar-refractivity contribution in [2.75, 3.05) is 13.1 Å². The van der Waals surface area contributed by atoms with E-state index in [-0.39, 0.29) is 17.2 Å². The summed E-state index contributed by atoms with van der Waals surface area (Å²) >= 11 is 0. The minimum absolute atomic E-state index is 0.113. The van der Waals surface area contributed by atoms with Crippen molar-refractivity contribution in [1.82, 2.24) is 4.90 Å². The van der Waals surface area contributed by atoms with Gasteiger partial charge in [0.15, 0.2) is 0 Å². The summed E-state index contributed by atoms with van der Waals surface area (Å²) in [5.41, 5.74) is 0.0761. The quantitative estimate of drug-likeness (QED) is 0.608. The van der Waals surface area contributed by atoms with Gasteiger partial charge in [0.2, 0.25) is 0 Å². The first-order valence-electron chi connectivity index (χ1n) is 6.51. The Balaban J connectivity index is 2.27. The monoisotopic (exact) mass is 262 g/mol. The summed E-state index contributed by atoms with van der Waals surface area (Å²) in [5, 5.41) is 11.0. The van der Waals surface area contributed by atoms with Gasteiger partial charge < -0.3 is 4.90 Å². The molecule has 2 unspecified atom stereocenters. The number of benzene rings is 1. The van der Waals surface area contributed by atoms with Crippen molar-refractivity contribution >= 4 is 11.6 Å². The number of carbonyl (C=O) groups is 1. The highest BCUT2D eigenvalue weighted by Gasteiger charge is 2.29. The summed E-state index contributed by atoms with van der Waals surface area (Å²) in [5.74, 6) is 0.650. The molecule has 5 nitrogen and oxygen atoms in total. The lowest BCUT2D eigenvalue weighted by atomic mass is 9.91. The van der Waals surface area contributed by atoms with Crippen LogP contribution in [-0.2, 0) is 0 Å². The first kappa shape index (κ1) is 13.5. The van der Waals surface area contributed by atoms with Gasteiger partial charge in [0.1, 0.15) is 5.56 Å². The lowest BCUT2D eigenvalue weighted by molar-refractivity contribution is -0.385. The maximum atomic E-state index is 12.4. The van der Waals surface area contributed by atoms with E-state index in [0.717, 1.165) is 6.42 Å². The van der Waals surface area contributed by atoms with Crippen LogP contribution in [0.3, 0.4) is 0 Å². The third-order valence-electron chi connectivity index (χ3n) is 3.49. The van der Waals surface area contributed by atoms with Gasteiger partial charge in [-0.2, -0.15) is 0 Å². The van der Waals surface area contributed by atoms with Crippen LogP contribution in [-0.4, -0.2) is 28.8 Å². The van der Waals surface area contributed by atoms with Gasteiger partial charge in [-0.05, 0) is 24.3 Å². The second kappa shape index (κ2) is 5.38. The molecule has 1 aliphatic heterocycles. The molecule has 0 saturated carbocycles. The fourth-order valence-corrected chi connectivity index (χ4v) is 2.81. The van der Waals surface area contributed by atoms with Crippen molar-refractivity contribution in [3.05, 3.63) is 39.9 Å². The number of hydrogen-bond acceptors (Lipinski definition) is 3. The Morgan fingerprint density at radius 1 is 1.26 bits per heavy atom. The fraction of sp³-hybridized carbons (Fsp3) is 0.500. The Labute approximate surface area is 112 Å². The molecule has 0 bridgehead atoms. The summed E-state index contributed by atoms with van der Waals surface area (Å²) in [7, 11) is 0. The number of nitro groups is 1. The predicted octanol–water partition coefficient (Wildman–Crippen LogP) is 2.71. The Morgan fingerprint density at radius 3 is 2.42 bits per heavy atom. The van der Waals surface area contributed by atoms with E-state index in [0.29, 0.717) is 24.9 Å². The average molecular weight is 262 g/mol. The number of rotatable bonds is 2. The molecule has 2 rings (SSSR count). The number of likely N-dealkylation sites (tertiary alicyclic amines) is 1. The molecule has 1 amide bonds. The molecule has 1 aromatic rings. The van der Waals surface area contributed by atoms with E-state index < -0.39 is 4.92 Å². The lowest BCUT2D eigenvalue weighted by Crippen LogP contribution is -2.42.